The molecule has 0 radical (unpaired) electrons. The molecule has 0 bridgehead atoms. The molecular weight excluding hydrogens is 291 g/mol. The molecule has 0 spiro atoms. The molecular formula is H8O6Pt. The van der Waals surface area contributed by atoms with Crippen LogP contribution in [0, 0.1) is 0 Å². The molecule has 0 fully saturated rings. The summed E-state index contributed by atoms with van der Waals surface area (Å²) in [6.45, 7) is 0. The number of hydrogen-bond donors (Lipinski definition) is 0. The van der Waals surface area contributed by atoms with Crippen molar-refractivity contribution in [2.45, 2.75) is 0 Å². The molecule has 0 amide bonds. The normalized spacial score (nSPS) is 2.86. The average molecular weight is 299 g/mol. The second-order valence-electron chi connectivity index (χ2n) is 0.0527. The van der Waals surface area contributed by atoms with Crippen LogP contribution in [0.1, 0.15) is 0 Å². The predicted octanol–water partition coefficient (Wildman–Crippen LogP) is -3.54. The molecule has 7 heteroatoms. The maximum absolute atomic E-state index is 8.49. The Morgan fingerprint density at radius 3 is 0.714 bits per heavy atom. The van der Waals surface area contributed by atoms with Gasteiger partial charge in [0.15, 0.2) is 0 Å². The second kappa shape index (κ2) is 127. The predicted molar refractivity (Wildman–Crippen MR) is 15.8 cm³/mol. The van der Waals surface area contributed by atoms with Crippen molar-refractivity contribution in [3.8, 4) is 0 Å². The van der Waals surface area contributed by atoms with Crippen molar-refractivity contribution in [1.29, 1.82) is 0 Å². The van der Waals surface area contributed by atoms with Crippen molar-refractivity contribution < 1.29 is 47.2 Å². The molecule has 0 heterocycles. The Balaban J connectivity index is -0.00000000333. The summed E-state index contributed by atoms with van der Waals surface area (Å²) in [7, 11) is 0. The molecule has 0 aliphatic rings. The minimum absolute atomic E-state index is 0. The molecule has 0 aromatic rings. The fraction of sp³-hybridized carbons (Fsp3) is 0. The fourth-order valence-corrected chi connectivity index (χ4v) is 0. The van der Waals surface area contributed by atoms with Crippen LogP contribution >= 0.6 is 0 Å². The van der Waals surface area contributed by atoms with Gasteiger partial charge in [-0.15, -0.1) is 0 Å². The van der Waals surface area contributed by atoms with Gasteiger partial charge < -0.3 is 21.9 Å². The average Bonchev–Trinajstić information content (AvgIpc) is 0.918. The Hall–Kier alpha value is 0.128. The summed E-state index contributed by atoms with van der Waals surface area (Å²) < 4.78 is 17.0. The number of rotatable bonds is 0. The van der Waals surface area contributed by atoms with Crippen LogP contribution in [-0.4, -0.2) is 21.9 Å². The first-order valence-electron chi connectivity index (χ1n) is 0.258. The molecule has 0 aliphatic carbocycles. The molecule has 0 saturated heterocycles. The third kappa shape index (κ3) is 6340. The van der Waals surface area contributed by atoms with Crippen molar-refractivity contribution in [3.63, 3.8) is 0 Å². The summed E-state index contributed by atoms with van der Waals surface area (Å²) in [5, 5.41) is 0. The van der Waals surface area contributed by atoms with E-state index in [4.69, 9.17) is 6.80 Å². The van der Waals surface area contributed by atoms with Crippen LogP contribution < -0.4 is 0 Å². The van der Waals surface area contributed by atoms with Crippen LogP contribution in [0.4, 0.5) is 0 Å². The zero-order valence-electron chi connectivity index (χ0n) is 3.13. The van der Waals surface area contributed by atoms with Gasteiger partial charge in [-0.3, -0.25) is 0 Å². The van der Waals surface area contributed by atoms with E-state index in [1.54, 1.807) is 0 Å². The third-order valence-electron chi connectivity index (χ3n) is 0. The SMILES string of the molecule is O.O.O.O.[O]=[Pt]=[O]. The fourth-order valence-electron chi connectivity index (χ4n) is 0. The van der Waals surface area contributed by atoms with Gasteiger partial charge in [0.25, 0.3) is 0 Å². The Kier molecular flexibility index (Phi) is 1070. The summed E-state index contributed by atoms with van der Waals surface area (Å²) in [6, 6.07) is 0. The van der Waals surface area contributed by atoms with Gasteiger partial charge in [0.05, 0.1) is 0 Å². The molecule has 7 heavy (non-hydrogen) atoms. The van der Waals surface area contributed by atoms with Crippen LogP contribution in [0.5, 0.6) is 0 Å². The van der Waals surface area contributed by atoms with Crippen LogP contribution in [0.25, 0.3) is 0 Å². The second-order valence-corrected chi connectivity index (χ2v) is 0.431. The first-order valence-corrected chi connectivity index (χ1v) is 2.11. The van der Waals surface area contributed by atoms with Crippen molar-refractivity contribution in [3.05, 3.63) is 0 Å². The van der Waals surface area contributed by atoms with Gasteiger partial charge in [0, 0.05) is 0 Å². The van der Waals surface area contributed by atoms with E-state index in [9.17, 15) is 0 Å². The van der Waals surface area contributed by atoms with Gasteiger partial charge in [-0.25, -0.2) is 0 Å². The summed E-state index contributed by atoms with van der Waals surface area (Å²) in [5.74, 6) is 0. The summed E-state index contributed by atoms with van der Waals surface area (Å²) >= 11 is -1.92. The van der Waals surface area contributed by atoms with Crippen LogP contribution in [0.2, 0.25) is 0 Å². The standard InChI is InChI=1S/4H2O.2O.Pt/h4*1H2;;;. The molecule has 54 valence electrons. The van der Waals surface area contributed by atoms with Crippen molar-refractivity contribution >= 4 is 0 Å². The molecule has 0 aromatic carbocycles. The van der Waals surface area contributed by atoms with Gasteiger partial charge in [-0.05, 0) is 0 Å². The summed E-state index contributed by atoms with van der Waals surface area (Å²) in [5.41, 5.74) is 0. The monoisotopic (exact) mass is 299 g/mol. The van der Waals surface area contributed by atoms with Crippen LogP contribution in [0.3, 0.4) is 0 Å². The summed E-state index contributed by atoms with van der Waals surface area (Å²) in [6.07, 6.45) is 0. The van der Waals surface area contributed by atoms with E-state index in [1.165, 1.54) is 0 Å². The van der Waals surface area contributed by atoms with Gasteiger partial charge in [0.1, 0.15) is 0 Å². The molecule has 0 unspecified atom stereocenters. The van der Waals surface area contributed by atoms with E-state index in [0.717, 1.165) is 0 Å². The van der Waals surface area contributed by atoms with Crippen LogP contribution in [0.15, 0.2) is 0 Å². The number of hydrogen-bond acceptors (Lipinski definition) is 2. The van der Waals surface area contributed by atoms with Crippen molar-refractivity contribution in [1.82, 2.24) is 0 Å². The zero-order chi connectivity index (χ0) is 2.71. The molecule has 0 aliphatic heterocycles. The maximum atomic E-state index is 8.49. The van der Waals surface area contributed by atoms with Crippen LogP contribution in [-0.2, 0) is 25.3 Å². The molecule has 0 aromatic heterocycles. The summed E-state index contributed by atoms with van der Waals surface area (Å²) in [4.78, 5) is 0. The minimum atomic E-state index is -1.92. The third-order valence-corrected chi connectivity index (χ3v) is 0. The van der Waals surface area contributed by atoms with E-state index in [0.29, 0.717) is 0 Å². The van der Waals surface area contributed by atoms with E-state index < -0.39 is 18.5 Å². The van der Waals surface area contributed by atoms with E-state index in [-0.39, 0.29) is 21.9 Å². The first kappa shape index (κ1) is 59.1. The Morgan fingerprint density at radius 1 is 0.714 bits per heavy atom. The zero-order valence-corrected chi connectivity index (χ0v) is 5.40. The van der Waals surface area contributed by atoms with E-state index in [2.05, 4.69) is 0 Å². The Bertz CT molecular complexity index is 25.2. The topological polar surface area (TPSA) is 160 Å². The molecule has 0 atom stereocenters. The van der Waals surface area contributed by atoms with Gasteiger partial charge in [-0.1, -0.05) is 0 Å². The van der Waals surface area contributed by atoms with Crippen molar-refractivity contribution in [2.24, 2.45) is 0 Å². The first-order chi connectivity index (χ1) is 1.41. The Morgan fingerprint density at radius 2 is 0.714 bits per heavy atom. The molecule has 0 saturated carbocycles. The Labute approximate surface area is 47.9 Å². The van der Waals surface area contributed by atoms with Gasteiger partial charge in [-0.2, -0.15) is 0 Å². The molecule has 8 N–H and O–H groups in total. The molecule has 0 rings (SSSR count). The molecule has 6 nitrogen and oxygen atoms in total. The van der Waals surface area contributed by atoms with Gasteiger partial charge in [0.2, 0.25) is 0 Å². The van der Waals surface area contributed by atoms with Gasteiger partial charge >= 0.3 is 25.3 Å². The van der Waals surface area contributed by atoms with E-state index >= 15 is 0 Å². The quantitative estimate of drug-likeness (QED) is 0.453. The van der Waals surface area contributed by atoms with Crippen molar-refractivity contribution in [2.75, 3.05) is 0 Å². The van der Waals surface area contributed by atoms with E-state index in [1.807, 2.05) is 0 Å².